The van der Waals surface area contributed by atoms with Gasteiger partial charge in [-0.3, -0.25) is 9.59 Å². The van der Waals surface area contributed by atoms with Gasteiger partial charge in [0.15, 0.2) is 6.61 Å². The molecule has 0 unspecified atom stereocenters. The number of nitrogens with zero attached hydrogens (tertiary/aromatic N) is 1. The third-order valence-corrected chi connectivity index (χ3v) is 4.81. The number of benzene rings is 1. The first-order valence-corrected chi connectivity index (χ1v) is 9.09. The summed E-state index contributed by atoms with van der Waals surface area (Å²) in [5.41, 5.74) is 0.815. The Morgan fingerprint density at radius 1 is 1.24 bits per heavy atom. The predicted molar refractivity (Wildman–Crippen MR) is 95.7 cm³/mol. The number of hydrogen-bond acceptors (Lipinski definition) is 4. The Morgan fingerprint density at radius 3 is 2.64 bits per heavy atom. The van der Waals surface area contributed by atoms with Gasteiger partial charge in [-0.15, -0.1) is 0 Å². The van der Waals surface area contributed by atoms with Crippen LogP contribution in [0.5, 0.6) is 0 Å². The normalized spacial score (nSPS) is 19.7. The van der Waals surface area contributed by atoms with Gasteiger partial charge in [0.05, 0.1) is 17.2 Å². The van der Waals surface area contributed by atoms with Crippen LogP contribution in [0.15, 0.2) is 24.3 Å². The van der Waals surface area contributed by atoms with Crippen molar-refractivity contribution in [1.82, 2.24) is 0 Å². The molecule has 0 atom stereocenters. The minimum Gasteiger partial charge on any atom is -0.455 e. The molecule has 1 saturated carbocycles. The molecule has 1 N–H and O–H groups in total. The molecule has 1 aromatic rings. The first-order valence-electron chi connectivity index (χ1n) is 9.09. The van der Waals surface area contributed by atoms with E-state index >= 15 is 0 Å². The van der Waals surface area contributed by atoms with E-state index in [2.05, 4.69) is 12.2 Å². The van der Waals surface area contributed by atoms with Crippen molar-refractivity contribution in [2.45, 2.75) is 51.9 Å². The van der Waals surface area contributed by atoms with Crippen LogP contribution >= 0.6 is 0 Å². The van der Waals surface area contributed by atoms with Crippen LogP contribution in [0.25, 0.3) is 0 Å². The van der Waals surface area contributed by atoms with Gasteiger partial charge in [-0.05, 0) is 43.7 Å². The summed E-state index contributed by atoms with van der Waals surface area (Å²) in [4.78, 5) is 24.1. The Morgan fingerprint density at radius 2 is 1.96 bits per heavy atom. The highest BCUT2D eigenvalue weighted by Gasteiger charge is 2.27. The zero-order chi connectivity index (χ0) is 18.1. The third kappa shape index (κ3) is 5.90. The van der Waals surface area contributed by atoms with Crippen molar-refractivity contribution in [3.63, 3.8) is 0 Å². The molecule has 0 aliphatic heterocycles. The molecule has 25 heavy (non-hydrogen) atoms. The molecule has 1 amide bonds. The van der Waals surface area contributed by atoms with Crippen LogP contribution in [-0.4, -0.2) is 18.5 Å². The van der Waals surface area contributed by atoms with E-state index in [-0.39, 0.29) is 18.5 Å². The standard InChI is InChI=1S/C20H26N2O3/c1-2-3-6-15-9-11-16(12-10-15)20(24)25-14-19(23)22-18-8-5-4-7-17(18)13-21/h4-5,7-8,15-16H,2-3,6,9-12,14H2,1H3,(H,22,23). The van der Waals surface area contributed by atoms with Gasteiger partial charge in [0.2, 0.25) is 0 Å². The quantitative estimate of drug-likeness (QED) is 0.759. The maximum Gasteiger partial charge on any atom is 0.309 e. The van der Waals surface area contributed by atoms with E-state index in [4.69, 9.17) is 10.00 Å². The van der Waals surface area contributed by atoms with Gasteiger partial charge in [0.1, 0.15) is 6.07 Å². The van der Waals surface area contributed by atoms with Crippen LogP contribution in [0.1, 0.15) is 57.4 Å². The SMILES string of the molecule is CCCCC1CCC(C(=O)OCC(=O)Nc2ccccc2C#N)CC1. The average Bonchev–Trinajstić information content (AvgIpc) is 2.65. The van der Waals surface area contributed by atoms with Crippen LogP contribution in [0.2, 0.25) is 0 Å². The van der Waals surface area contributed by atoms with E-state index in [0.717, 1.165) is 31.6 Å². The number of para-hydroxylation sites is 1. The van der Waals surface area contributed by atoms with Crippen molar-refractivity contribution in [3.05, 3.63) is 29.8 Å². The summed E-state index contributed by atoms with van der Waals surface area (Å²) in [6, 6.07) is 8.75. The van der Waals surface area contributed by atoms with Crippen molar-refractivity contribution < 1.29 is 14.3 Å². The van der Waals surface area contributed by atoms with E-state index in [0.29, 0.717) is 11.3 Å². The smallest absolute Gasteiger partial charge is 0.309 e. The van der Waals surface area contributed by atoms with Crippen molar-refractivity contribution in [3.8, 4) is 6.07 Å². The average molecular weight is 342 g/mol. The van der Waals surface area contributed by atoms with Gasteiger partial charge < -0.3 is 10.1 Å². The molecule has 1 fully saturated rings. The number of nitriles is 1. The van der Waals surface area contributed by atoms with E-state index < -0.39 is 5.91 Å². The molecule has 1 aliphatic carbocycles. The number of unbranched alkanes of at least 4 members (excludes halogenated alkanes) is 1. The highest BCUT2D eigenvalue weighted by molar-refractivity contribution is 5.94. The van der Waals surface area contributed by atoms with E-state index in [9.17, 15) is 9.59 Å². The zero-order valence-corrected chi connectivity index (χ0v) is 14.8. The lowest BCUT2D eigenvalue weighted by Crippen LogP contribution is -2.27. The Balaban J connectivity index is 1.73. The number of carbonyl (C=O) groups is 2. The van der Waals surface area contributed by atoms with Gasteiger partial charge in [-0.2, -0.15) is 5.26 Å². The van der Waals surface area contributed by atoms with Gasteiger partial charge in [0, 0.05) is 0 Å². The second-order valence-corrected chi connectivity index (χ2v) is 6.67. The number of carbonyl (C=O) groups excluding carboxylic acids is 2. The van der Waals surface area contributed by atoms with Crippen molar-refractivity contribution in [2.24, 2.45) is 11.8 Å². The first kappa shape index (κ1) is 19.0. The Bertz CT molecular complexity index is 628. The molecule has 0 saturated heterocycles. The largest absolute Gasteiger partial charge is 0.455 e. The molecule has 0 spiro atoms. The predicted octanol–water partition coefficient (Wildman–Crippen LogP) is 4.04. The molecule has 0 heterocycles. The van der Waals surface area contributed by atoms with Gasteiger partial charge in [-0.25, -0.2) is 0 Å². The Hall–Kier alpha value is -2.35. The van der Waals surface area contributed by atoms with Crippen molar-refractivity contribution in [2.75, 3.05) is 11.9 Å². The molecular weight excluding hydrogens is 316 g/mol. The van der Waals surface area contributed by atoms with Crippen LogP contribution in [-0.2, 0) is 14.3 Å². The summed E-state index contributed by atoms with van der Waals surface area (Å²) >= 11 is 0. The van der Waals surface area contributed by atoms with Crippen LogP contribution in [0.3, 0.4) is 0 Å². The van der Waals surface area contributed by atoms with Gasteiger partial charge >= 0.3 is 5.97 Å². The summed E-state index contributed by atoms with van der Waals surface area (Å²) in [6.07, 6.45) is 7.57. The molecule has 5 heteroatoms. The monoisotopic (exact) mass is 342 g/mol. The molecular formula is C20H26N2O3. The topological polar surface area (TPSA) is 79.2 Å². The molecule has 1 aromatic carbocycles. The van der Waals surface area contributed by atoms with E-state index in [1.54, 1.807) is 24.3 Å². The number of amides is 1. The van der Waals surface area contributed by atoms with E-state index in [1.807, 2.05) is 6.07 Å². The maximum atomic E-state index is 12.1. The molecule has 0 bridgehead atoms. The summed E-state index contributed by atoms with van der Waals surface area (Å²) in [5, 5.41) is 11.6. The number of nitrogens with one attached hydrogen (secondary N) is 1. The number of anilines is 1. The second kappa shape index (κ2) is 9.83. The molecule has 2 rings (SSSR count). The van der Waals surface area contributed by atoms with Crippen molar-refractivity contribution in [1.29, 1.82) is 5.26 Å². The van der Waals surface area contributed by atoms with Gasteiger partial charge in [-0.1, -0.05) is 38.3 Å². The second-order valence-electron chi connectivity index (χ2n) is 6.67. The highest BCUT2D eigenvalue weighted by Crippen LogP contribution is 2.32. The van der Waals surface area contributed by atoms with Gasteiger partial charge in [0.25, 0.3) is 5.91 Å². The van der Waals surface area contributed by atoms with E-state index in [1.165, 1.54) is 19.3 Å². The molecule has 1 aliphatic rings. The number of ether oxygens (including phenoxy) is 1. The molecule has 134 valence electrons. The lowest BCUT2D eigenvalue weighted by Gasteiger charge is -2.27. The minimum absolute atomic E-state index is 0.0860. The Labute approximate surface area is 149 Å². The highest BCUT2D eigenvalue weighted by atomic mass is 16.5. The van der Waals surface area contributed by atoms with Crippen LogP contribution in [0, 0.1) is 23.2 Å². The fraction of sp³-hybridized carbons (Fsp3) is 0.550. The molecule has 0 radical (unpaired) electrons. The summed E-state index contributed by atoms with van der Waals surface area (Å²) < 4.78 is 5.17. The fourth-order valence-electron chi connectivity index (χ4n) is 3.31. The van der Waals surface area contributed by atoms with Crippen molar-refractivity contribution >= 4 is 17.6 Å². The number of rotatable bonds is 7. The first-order chi connectivity index (χ1) is 12.1. The lowest BCUT2D eigenvalue weighted by atomic mass is 9.80. The fourth-order valence-corrected chi connectivity index (χ4v) is 3.31. The number of hydrogen-bond donors (Lipinski definition) is 1. The molecule has 5 nitrogen and oxygen atoms in total. The molecule has 0 aromatic heterocycles. The Kier molecular flexibility index (Phi) is 7.46. The maximum absolute atomic E-state index is 12.1. The minimum atomic E-state index is -0.423. The summed E-state index contributed by atoms with van der Waals surface area (Å²) in [6.45, 7) is 1.89. The summed E-state index contributed by atoms with van der Waals surface area (Å²) in [7, 11) is 0. The van der Waals surface area contributed by atoms with Crippen LogP contribution < -0.4 is 5.32 Å². The summed E-state index contributed by atoms with van der Waals surface area (Å²) in [5.74, 6) is -0.0582. The zero-order valence-electron chi connectivity index (χ0n) is 14.8. The lowest BCUT2D eigenvalue weighted by molar-refractivity contribution is -0.152. The van der Waals surface area contributed by atoms with Crippen LogP contribution in [0.4, 0.5) is 5.69 Å². The number of esters is 1. The third-order valence-electron chi connectivity index (χ3n) is 4.81.